The highest BCUT2D eigenvalue weighted by Gasteiger charge is 2.33. The molecule has 0 saturated carbocycles. The van der Waals surface area contributed by atoms with Gasteiger partial charge in [0.15, 0.2) is 0 Å². The third-order valence-corrected chi connectivity index (χ3v) is 4.09. The van der Waals surface area contributed by atoms with E-state index in [1.807, 2.05) is 14.1 Å². The summed E-state index contributed by atoms with van der Waals surface area (Å²) in [6, 6.07) is 2.08. The molecule has 1 aromatic carbocycles. The molecule has 0 aromatic heterocycles. The molecule has 1 heterocycles. The molecule has 1 aliphatic rings. The van der Waals surface area contributed by atoms with Crippen molar-refractivity contribution in [3.8, 4) is 0 Å². The maximum Gasteiger partial charge on any atom is 0.133 e. The van der Waals surface area contributed by atoms with Crippen molar-refractivity contribution in [2.24, 2.45) is 5.84 Å². The SMILES string of the molecule is Cc1ccc(F)c(C(NN)C2CN(C)CCN2C)c1F. The number of benzene rings is 1. The lowest BCUT2D eigenvalue weighted by molar-refractivity contribution is 0.0856. The third-order valence-electron chi connectivity index (χ3n) is 4.09. The fraction of sp³-hybridized carbons (Fsp3) is 0.571. The van der Waals surface area contributed by atoms with Gasteiger partial charge >= 0.3 is 0 Å². The van der Waals surface area contributed by atoms with E-state index in [4.69, 9.17) is 5.84 Å². The van der Waals surface area contributed by atoms with Crippen LogP contribution in [-0.2, 0) is 0 Å². The van der Waals surface area contributed by atoms with Crippen LogP contribution in [0.25, 0.3) is 0 Å². The molecule has 2 unspecified atom stereocenters. The zero-order valence-corrected chi connectivity index (χ0v) is 12.2. The predicted octanol–water partition coefficient (Wildman–Crippen LogP) is 1.02. The van der Waals surface area contributed by atoms with Crippen molar-refractivity contribution < 1.29 is 8.78 Å². The lowest BCUT2D eigenvalue weighted by Gasteiger charge is -2.42. The average molecular weight is 284 g/mol. The van der Waals surface area contributed by atoms with Gasteiger partial charge in [0, 0.05) is 31.2 Å². The largest absolute Gasteiger partial charge is 0.303 e. The van der Waals surface area contributed by atoms with Crippen LogP contribution >= 0.6 is 0 Å². The van der Waals surface area contributed by atoms with E-state index in [2.05, 4.69) is 15.2 Å². The van der Waals surface area contributed by atoms with Crippen molar-refractivity contribution >= 4 is 0 Å². The smallest absolute Gasteiger partial charge is 0.133 e. The van der Waals surface area contributed by atoms with Gasteiger partial charge in [0.05, 0.1) is 6.04 Å². The summed E-state index contributed by atoms with van der Waals surface area (Å²) >= 11 is 0. The predicted molar refractivity (Wildman–Crippen MR) is 75.1 cm³/mol. The van der Waals surface area contributed by atoms with Crippen LogP contribution in [0.5, 0.6) is 0 Å². The molecule has 0 bridgehead atoms. The first kappa shape index (κ1) is 15.3. The molecule has 4 nitrogen and oxygen atoms in total. The number of nitrogens with two attached hydrogens (primary N) is 1. The van der Waals surface area contributed by atoms with E-state index in [1.165, 1.54) is 12.1 Å². The number of likely N-dealkylation sites (N-methyl/N-ethyl adjacent to an activating group) is 2. The number of hydrazine groups is 1. The molecule has 1 saturated heterocycles. The molecular weight excluding hydrogens is 262 g/mol. The number of rotatable bonds is 3. The molecule has 1 fully saturated rings. The topological polar surface area (TPSA) is 44.5 Å². The molecule has 0 aliphatic carbocycles. The molecule has 1 aromatic rings. The van der Waals surface area contributed by atoms with E-state index in [9.17, 15) is 8.78 Å². The number of nitrogens with zero attached hydrogens (tertiary/aromatic N) is 2. The summed E-state index contributed by atoms with van der Waals surface area (Å²) < 4.78 is 28.4. The highest BCUT2D eigenvalue weighted by atomic mass is 19.1. The van der Waals surface area contributed by atoms with Crippen LogP contribution < -0.4 is 11.3 Å². The van der Waals surface area contributed by atoms with E-state index in [0.717, 1.165) is 13.1 Å². The molecule has 6 heteroatoms. The van der Waals surface area contributed by atoms with Crippen LogP contribution in [0.3, 0.4) is 0 Å². The van der Waals surface area contributed by atoms with Gasteiger partial charge in [-0.1, -0.05) is 6.07 Å². The molecule has 0 radical (unpaired) electrons. The van der Waals surface area contributed by atoms with Crippen molar-refractivity contribution in [1.82, 2.24) is 15.2 Å². The minimum Gasteiger partial charge on any atom is -0.303 e. The Morgan fingerprint density at radius 1 is 1.30 bits per heavy atom. The van der Waals surface area contributed by atoms with Gasteiger partial charge in [-0.3, -0.25) is 16.2 Å². The first-order chi connectivity index (χ1) is 9.45. The summed E-state index contributed by atoms with van der Waals surface area (Å²) in [4.78, 5) is 4.23. The monoisotopic (exact) mass is 284 g/mol. The summed E-state index contributed by atoms with van der Waals surface area (Å²) in [5, 5.41) is 0. The zero-order valence-electron chi connectivity index (χ0n) is 12.2. The number of nitrogens with one attached hydrogen (secondary N) is 1. The maximum atomic E-state index is 14.3. The van der Waals surface area contributed by atoms with Gasteiger partial charge in [-0.25, -0.2) is 8.78 Å². The van der Waals surface area contributed by atoms with Gasteiger partial charge in [-0.15, -0.1) is 0 Å². The fourth-order valence-corrected chi connectivity index (χ4v) is 2.75. The molecule has 0 amide bonds. The minimum atomic E-state index is -0.581. The lowest BCUT2D eigenvalue weighted by atomic mass is 9.94. The van der Waals surface area contributed by atoms with E-state index in [0.29, 0.717) is 12.1 Å². The Morgan fingerprint density at radius 2 is 2.00 bits per heavy atom. The second-order valence-corrected chi connectivity index (χ2v) is 5.55. The molecule has 20 heavy (non-hydrogen) atoms. The normalized spacial score (nSPS) is 23.0. The number of piperazine rings is 1. The molecule has 1 aliphatic heterocycles. The Bertz CT molecular complexity index is 480. The van der Waals surface area contributed by atoms with Crippen LogP contribution in [0.4, 0.5) is 8.78 Å². The summed E-state index contributed by atoms with van der Waals surface area (Å²) in [5.74, 6) is 4.53. The number of hydrogen-bond acceptors (Lipinski definition) is 4. The summed E-state index contributed by atoms with van der Waals surface area (Å²) in [5.41, 5.74) is 3.05. The quantitative estimate of drug-likeness (QED) is 0.643. The van der Waals surface area contributed by atoms with Crippen molar-refractivity contribution in [2.75, 3.05) is 33.7 Å². The summed E-state index contributed by atoms with van der Waals surface area (Å²) in [6.45, 7) is 4.11. The fourth-order valence-electron chi connectivity index (χ4n) is 2.75. The standard InChI is InChI=1S/C14H22F2N4/c1-9-4-5-10(15)12(13(9)16)14(18-17)11-8-19(2)6-7-20(11)3/h4-5,11,14,18H,6-8,17H2,1-3H3. The van der Waals surface area contributed by atoms with Crippen LogP contribution in [0.2, 0.25) is 0 Å². The van der Waals surface area contributed by atoms with Gasteiger partial charge in [0.2, 0.25) is 0 Å². The van der Waals surface area contributed by atoms with Crippen molar-refractivity contribution in [1.29, 1.82) is 0 Å². The van der Waals surface area contributed by atoms with Gasteiger partial charge < -0.3 is 4.90 Å². The van der Waals surface area contributed by atoms with Gasteiger partial charge in [-0.2, -0.15) is 0 Å². The van der Waals surface area contributed by atoms with Gasteiger partial charge in [0.1, 0.15) is 11.6 Å². The highest BCUT2D eigenvalue weighted by Crippen LogP contribution is 2.28. The second kappa shape index (κ2) is 6.13. The van der Waals surface area contributed by atoms with Crippen LogP contribution in [-0.4, -0.2) is 49.6 Å². The summed E-state index contributed by atoms with van der Waals surface area (Å²) in [7, 11) is 3.95. The summed E-state index contributed by atoms with van der Waals surface area (Å²) in [6.07, 6.45) is 0. The van der Waals surface area contributed by atoms with Crippen LogP contribution in [0, 0.1) is 18.6 Å². The Kier molecular flexibility index (Phi) is 4.70. The van der Waals surface area contributed by atoms with E-state index >= 15 is 0 Å². The van der Waals surface area contributed by atoms with Crippen LogP contribution in [0.1, 0.15) is 17.2 Å². The maximum absolute atomic E-state index is 14.3. The van der Waals surface area contributed by atoms with Gasteiger partial charge in [0.25, 0.3) is 0 Å². The Labute approximate surface area is 118 Å². The number of halogens is 2. The second-order valence-electron chi connectivity index (χ2n) is 5.55. The average Bonchev–Trinajstić information content (AvgIpc) is 2.42. The molecule has 2 atom stereocenters. The molecule has 0 spiro atoms. The molecule has 2 rings (SSSR count). The van der Waals surface area contributed by atoms with Crippen molar-refractivity contribution in [2.45, 2.75) is 19.0 Å². The first-order valence-electron chi connectivity index (χ1n) is 6.75. The van der Waals surface area contributed by atoms with E-state index in [1.54, 1.807) is 6.92 Å². The molecule has 112 valence electrons. The molecule has 3 N–H and O–H groups in total. The number of aryl methyl sites for hydroxylation is 1. The first-order valence-corrected chi connectivity index (χ1v) is 6.75. The van der Waals surface area contributed by atoms with E-state index < -0.39 is 17.7 Å². The minimum absolute atomic E-state index is 0.0275. The van der Waals surface area contributed by atoms with Gasteiger partial charge in [-0.05, 0) is 32.6 Å². The Hall–Kier alpha value is -1.08. The third kappa shape index (κ3) is 2.83. The molecular formula is C14H22F2N4. The highest BCUT2D eigenvalue weighted by molar-refractivity contribution is 5.30. The Morgan fingerprint density at radius 3 is 2.65 bits per heavy atom. The lowest BCUT2D eigenvalue weighted by Crippen LogP contribution is -2.56. The zero-order chi connectivity index (χ0) is 14.9. The van der Waals surface area contributed by atoms with Crippen LogP contribution in [0.15, 0.2) is 12.1 Å². The van der Waals surface area contributed by atoms with E-state index in [-0.39, 0.29) is 11.6 Å². The Balaban J connectivity index is 2.39. The number of hydrogen-bond donors (Lipinski definition) is 2. The van der Waals surface area contributed by atoms with Crippen molar-refractivity contribution in [3.05, 3.63) is 34.9 Å². The van der Waals surface area contributed by atoms with Crippen molar-refractivity contribution in [3.63, 3.8) is 0 Å².